The standard InChI is InChI=1S/C45H70F3N7O6SSi2/c1-15-60-30(2)37-38(32-24-33-17-18-34(25-32)54(33)42(56)61-43(3,4)5)51-40-35(31-16-19-36(49-26-31)39(45(46,47)48)52-62(57)44(6,7)8)27-50-55(40)41(37)53(28-58-20-22-63(9,10)11)29-59-21-23-64(12,13)14/h16,19,26-27,32-34H,2,15,17-18,20-25,28-29H2,1,3-14H3/b52-39-/t32?,33-,34+,62?. The highest BCUT2D eigenvalue weighted by Gasteiger charge is 2.47. The summed E-state index contributed by atoms with van der Waals surface area (Å²) < 4.78 is 85.2. The molecule has 0 aliphatic carbocycles. The molecule has 0 saturated carbocycles. The van der Waals surface area contributed by atoms with Gasteiger partial charge in [0.1, 0.15) is 41.6 Å². The van der Waals surface area contributed by atoms with Crippen LogP contribution < -0.4 is 4.90 Å². The number of piperidine rings is 1. The molecule has 0 N–H and O–H groups in total. The molecule has 2 bridgehead atoms. The molecule has 356 valence electrons. The molecule has 13 nitrogen and oxygen atoms in total. The van der Waals surface area contributed by atoms with Crippen molar-refractivity contribution >= 4 is 56.2 Å². The average Bonchev–Trinajstić information content (AvgIpc) is 3.70. The molecule has 3 aromatic rings. The van der Waals surface area contributed by atoms with Gasteiger partial charge in [0.2, 0.25) is 0 Å². The van der Waals surface area contributed by atoms with Crippen molar-refractivity contribution in [1.82, 2.24) is 24.5 Å². The Morgan fingerprint density at radius 1 is 0.938 bits per heavy atom. The predicted molar refractivity (Wildman–Crippen MR) is 255 cm³/mol. The lowest BCUT2D eigenvalue weighted by atomic mass is 9.85. The molecule has 5 rings (SSSR count). The van der Waals surface area contributed by atoms with Gasteiger partial charge >= 0.3 is 12.3 Å². The van der Waals surface area contributed by atoms with E-state index in [9.17, 15) is 22.2 Å². The van der Waals surface area contributed by atoms with Gasteiger partial charge in [0.15, 0.2) is 11.4 Å². The molecule has 19 heteroatoms. The van der Waals surface area contributed by atoms with Crippen LogP contribution in [0.3, 0.4) is 0 Å². The van der Waals surface area contributed by atoms with Gasteiger partial charge in [0.25, 0.3) is 0 Å². The molecule has 2 aliphatic rings. The molecule has 5 heterocycles. The first-order chi connectivity index (χ1) is 29.6. The number of nitrogens with zero attached hydrogens (tertiary/aromatic N) is 7. The molecular formula is C45H70F3N7O6SSi2. The van der Waals surface area contributed by atoms with Crippen molar-refractivity contribution in [1.29, 1.82) is 0 Å². The Balaban J connectivity index is 1.70. The smallest absolute Gasteiger partial charge is 0.436 e. The zero-order valence-electron chi connectivity index (χ0n) is 40.1. The van der Waals surface area contributed by atoms with Gasteiger partial charge in [-0.05, 0) is 92.3 Å². The highest BCUT2D eigenvalue weighted by Crippen LogP contribution is 2.47. The molecule has 1 amide bonds. The van der Waals surface area contributed by atoms with Crippen molar-refractivity contribution in [2.75, 3.05) is 38.2 Å². The minimum atomic E-state index is -4.90. The second kappa shape index (κ2) is 20.1. The lowest BCUT2D eigenvalue weighted by Gasteiger charge is -2.40. The Hall–Kier alpha value is -3.66. The number of anilines is 1. The van der Waals surface area contributed by atoms with Gasteiger partial charge in [0, 0.05) is 64.7 Å². The number of ether oxygens (including phenoxy) is 4. The fourth-order valence-electron chi connectivity index (χ4n) is 7.74. The van der Waals surface area contributed by atoms with E-state index in [2.05, 4.69) is 55.2 Å². The molecule has 4 atom stereocenters. The van der Waals surface area contributed by atoms with Crippen LogP contribution in [0.15, 0.2) is 35.5 Å². The number of carbonyl (C=O) groups is 1. The molecule has 0 aromatic carbocycles. The topological polar surface area (TPSA) is 133 Å². The van der Waals surface area contributed by atoms with Crippen LogP contribution in [0, 0.1) is 0 Å². The third kappa shape index (κ3) is 13.2. The fourth-order valence-corrected chi connectivity index (χ4v) is 9.89. The largest absolute Gasteiger partial charge is 0.494 e. The van der Waals surface area contributed by atoms with Gasteiger partial charge in [-0.1, -0.05) is 51.9 Å². The van der Waals surface area contributed by atoms with Crippen molar-refractivity contribution in [2.45, 2.75) is 160 Å². The summed E-state index contributed by atoms with van der Waals surface area (Å²) in [4.78, 5) is 27.1. The van der Waals surface area contributed by atoms with Crippen LogP contribution in [0.1, 0.15) is 97.0 Å². The van der Waals surface area contributed by atoms with Crippen molar-refractivity contribution in [3.8, 4) is 11.1 Å². The highest BCUT2D eigenvalue weighted by atomic mass is 32.2. The number of alkyl halides is 3. The second-order valence-electron chi connectivity index (χ2n) is 21.3. The Kier molecular flexibility index (Phi) is 16.1. The number of rotatable bonds is 18. The van der Waals surface area contributed by atoms with E-state index in [0.29, 0.717) is 72.3 Å². The first kappa shape index (κ1) is 51.3. The average molecular weight is 950 g/mol. The summed E-state index contributed by atoms with van der Waals surface area (Å²) in [5.41, 5.74) is 0.343. The summed E-state index contributed by atoms with van der Waals surface area (Å²) in [5.74, 6) is 0.841. The monoisotopic (exact) mass is 949 g/mol. The van der Waals surface area contributed by atoms with Gasteiger partial charge < -0.3 is 28.7 Å². The first-order valence-electron chi connectivity index (χ1n) is 22.3. The summed E-state index contributed by atoms with van der Waals surface area (Å²) in [6.07, 6.45) is 0.593. The van der Waals surface area contributed by atoms with Crippen LogP contribution in [-0.2, 0) is 29.9 Å². The summed E-state index contributed by atoms with van der Waals surface area (Å²) in [5, 5.41) is 4.89. The number of fused-ring (bicyclic) bond motifs is 3. The molecule has 2 unspecified atom stereocenters. The normalized spacial score (nSPS) is 19.3. The number of carbonyl (C=O) groups excluding carboxylic acids is 1. The van der Waals surface area contributed by atoms with E-state index in [0.717, 1.165) is 24.9 Å². The minimum Gasteiger partial charge on any atom is -0.494 e. The van der Waals surface area contributed by atoms with Gasteiger partial charge in [-0.3, -0.25) is 4.98 Å². The summed E-state index contributed by atoms with van der Waals surface area (Å²) >= 11 is 0. The van der Waals surface area contributed by atoms with E-state index in [-0.39, 0.29) is 37.6 Å². The Morgan fingerprint density at radius 2 is 1.52 bits per heavy atom. The first-order valence-corrected chi connectivity index (χ1v) is 30.8. The predicted octanol–water partition coefficient (Wildman–Crippen LogP) is 10.7. The van der Waals surface area contributed by atoms with E-state index in [1.165, 1.54) is 18.3 Å². The quantitative estimate of drug-likeness (QED) is 0.0399. The number of hydrogen-bond donors (Lipinski definition) is 0. The fraction of sp³-hybridized carbons (Fsp3) is 0.667. The number of pyridine rings is 1. The lowest BCUT2D eigenvalue weighted by molar-refractivity contribution is -0.0580. The number of hydrogen-bond acceptors (Lipinski definition) is 10. The van der Waals surface area contributed by atoms with E-state index in [1.807, 2.05) is 37.5 Å². The number of halogens is 3. The van der Waals surface area contributed by atoms with Gasteiger partial charge in [-0.25, -0.2) is 14.0 Å². The van der Waals surface area contributed by atoms with Crippen LogP contribution >= 0.6 is 0 Å². The summed E-state index contributed by atoms with van der Waals surface area (Å²) in [6, 6.07) is 4.48. The van der Waals surface area contributed by atoms with Crippen LogP contribution in [0.2, 0.25) is 51.4 Å². The molecule has 0 spiro atoms. The number of aromatic nitrogens is 4. The molecule has 2 aliphatic heterocycles. The van der Waals surface area contributed by atoms with Crippen LogP contribution in [0.4, 0.5) is 23.8 Å². The molecule has 2 fully saturated rings. The zero-order chi connectivity index (χ0) is 47.6. The Morgan fingerprint density at radius 3 is 1.98 bits per heavy atom. The van der Waals surface area contributed by atoms with E-state index >= 15 is 0 Å². The van der Waals surface area contributed by atoms with E-state index < -0.39 is 55.1 Å². The van der Waals surface area contributed by atoms with Crippen LogP contribution in [0.5, 0.6) is 0 Å². The Bertz CT molecular complexity index is 2140. The van der Waals surface area contributed by atoms with Gasteiger partial charge in [-0.15, -0.1) is 0 Å². The maximum atomic E-state index is 14.4. The summed E-state index contributed by atoms with van der Waals surface area (Å²) in [6.45, 7) is 32.2. The molecule has 0 radical (unpaired) electrons. The highest BCUT2D eigenvalue weighted by molar-refractivity contribution is 7.85. The number of amides is 1. The lowest BCUT2D eigenvalue weighted by Crippen LogP contribution is -2.48. The molecular weight excluding hydrogens is 880 g/mol. The molecule has 64 heavy (non-hydrogen) atoms. The maximum Gasteiger partial charge on any atom is 0.436 e. The maximum absolute atomic E-state index is 14.4. The van der Waals surface area contributed by atoms with Crippen molar-refractivity contribution in [2.24, 2.45) is 4.40 Å². The summed E-state index contributed by atoms with van der Waals surface area (Å²) in [7, 11) is -5.06. The SMILES string of the molecule is C=C(OCC)c1c(C2C[C@H]3CC[C@@H](C2)N3C(=O)OC(C)(C)C)nc2c(-c3ccc(/C(=N/S(=O)C(C)(C)C)C(F)(F)F)nc3)cnn2c1N(COCC[Si](C)(C)C)COCC[Si](C)(C)C. The van der Waals surface area contributed by atoms with Crippen molar-refractivity contribution in [3.63, 3.8) is 0 Å². The molecule has 3 aromatic heterocycles. The third-order valence-electron chi connectivity index (χ3n) is 11.0. The van der Waals surface area contributed by atoms with Crippen molar-refractivity contribution in [3.05, 3.63) is 48.1 Å². The molecule has 2 saturated heterocycles. The Labute approximate surface area is 382 Å². The second-order valence-corrected chi connectivity index (χ2v) is 34.4. The van der Waals surface area contributed by atoms with E-state index in [1.54, 1.807) is 31.5 Å². The van der Waals surface area contributed by atoms with Gasteiger partial charge in [0.05, 0.1) is 34.5 Å². The van der Waals surface area contributed by atoms with Crippen LogP contribution in [-0.4, -0.2) is 119 Å². The van der Waals surface area contributed by atoms with E-state index in [4.69, 9.17) is 29.0 Å². The van der Waals surface area contributed by atoms with Crippen molar-refractivity contribution < 1.29 is 41.1 Å². The zero-order valence-corrected chi connectivity index (χ0v) is 43.0. The third-order valence-corrected chi connectivity index (χ3v) is 15.8. The minimum absolute atomic E-state index is 0.0857. The van der Waals surface area contributed by atoms with Crippen LogP contribution in [0.25, 0.3) is 22.5 Å². The van der Waals surface area contributed by atoms with Gasteiger partial charge in [-0.2, -0.15) is 27.2 Å².